The molecule has 0 radical (unpaired) electrons. The molecule has 2 aromatic rings. The minimum atomic E-state index is -0.451. The van der Waals surface area contributed by atoms with Crippen LogP contribution in [-0.2, 0) is 21.9 Å². The monoisotopic (exact) mass is 530 g/mol. The molecule has 4 nitrogen and oxygen atoms in total. The largest absolute Gasteiger partial charge is 0.352 e. The van der Waals surface area contributed by atoms with Crippen molar-refractivity contribution in [3.05, 3.63) is 69.7 Å². The van der Waals surface area contributed by atoms with E-state index in [0.29, 0.717) is 18.7 Å². The van der Waals surface area contributed by atoms with Crippen molar-refractivity contribution in [3.8, 4) is 0 Å². The summed E-state index contributed by atoms with van der Waals surface area (Å²) in [6.45, 7) is 4.50. The Morgan fingerprint density at radius 1 is 1.09 bits per heavy atom. The van der Waals surface area contributed by atoms with Crippen LogP contribution in [0.1, 0.15) is 62.1 Å². The maximum absolute atomic E-state index is 13.4. The van der Waals surface area contributed by atoms with E-state index in [2.05, 4.69) is 52.4 Å². The second kappa shape index (κ2) is 13.2. The van der Waals surface area contributed by atoms with Crippen LogP contribution in [0.15, 0.2) is 53.0 Å². The van der Waals surface area contributed by atoms with Crippen molar-refractivity contribution in [1.29, 1.82) is 0 Å². The van der Waals surface area contributed by atoms with Crippen LogP contribution in [0.25, 0.3) is 0 Å². The van der Waals surface area contributed by atoms with E-state index in [0.717, 1.165) is 34.2 Å². The first-order valence-electron chi connectivity index (χ1n) is 11.9. The number of carbonyl (C=O) groups is 2. The van der Waals surface area contributed by atoms with Gasteiger partial charge in [0, 0.05) is 22.8 Å². The number of hydrogen-bond donors (Lipinski definition) is 1. The molecule has 0 aliphatic heterocycles. The van der Waals surface area contributed by atoms with E-state index >= 15 is 0 Å². The summed E-state index contributed by atoms with van der Waals surface area (Å²) in [7, 11) is 0. The predicted molar refractivity (Wildman–Crippen MR) is 141 cm³/mol. The molecule has 178 valence electrons. The number of aryl methyl sites for hydroxylation is 1. The Labute approximate surface area is 211 Å². The molecule has 0 heterocycles. The second-order valence-electron chi connectivity index (χ2n) is 8.90. The normalized spacial score (nSPS) is 15.1. The highest BCUT2D eigenvalue weighted by atomic mass is 79.9. The molecule has 1 aliphatic rings. The van der Waals surface area contributed by atoms with Crippen LogP contribution >= 0.6 is 27.7 Å². The molecule has 1 atom stereocenters. The van der Waals surface area contributed by atoms with Crippen LogP contribution in [0.2, 0.25) is 0 Å². The van der Waals surface area contributed by atoms with Crippen molar-refractivity contribution in [2.45, 2.75) is 76.8 Å². The summed E-state index contributed by atoms with van der Waals surface area (Å²) in [6.07, 6.45) is 6.26. The van der Waals surface area contributed by atoms with Gasteiger partial charge < -0.3 is 10.2 Å². The molecule has 1 fully saturated rings. The first-order chi connectivity index (χ1) is 16.0. The third-order valence-electron chi connectivity index (χ3n) is 6.18. The summed E-state index contributed by atoms with van der Waals surface area (Å²) in [5.41, 5.74) is 3.40. The van der Waals surface area contributed by atoms with Crippen LogP contribution in [0.5, 0.6) is 0 Å². The molecule has 0 saturated heterocycles. The average Bonchev–Trinajstić information content (AvgIpc) is 2.81. The molecule has 6 heteroatoms. The molecule has 1 aliphatic carbocycles. The standard InChI is InChI=1S/C27H35BrN2O2S/c1-3-25(27(32)29-24-10-5-4-6-11-24)30(17-22-9-7-8-20(2)16-22)26(31)19-33-18-21-12-14-23(28)15-13-21/h7-9,12-16,24-25H,3-6,10-11,17-19H2,1-2H3,(H,29,32). The summed E-state index contributed by atoms with van der Waals surface area (Å²) in [5.74, 6) is 1.13. The first-order valence-corrected chi connectivity index (χ1v) is 13.9. The minimum Gasteiger partial charge on any atom is -0.352 e. The molecule has 0 spiro atoms. The molecule has 3 rings (SSSR count). The van der Waals surface area contributed by atoms with Crippen LogP contribution in [0, 0.1) is 6.92 Å². The van der Waals surface area contributed by atoms with Crippen molar-refractivity contribution in [2.75, 3.05) is 5.75 Å². The lowest BCUT2D eigenvalue weighted by atomic mass is 9.95. The summed E-state index contributed by atoms with van der Waals surface area (Å²) >= 11 is 5.06. The minimum absolute atomic E-state index is 0.0108. The van der Waals surface area contributed by atoms with Gasteiger partial charge in [-0.25, -0.2) is 0 Å². The zero-order valence-electron chi connectivity index (χ0n) is 19.7. The number of rotatable bonds is 10. The maximum Gasteiger partial charge on any atom is 0.243 e. The molecule has 1 saturated carbocycles. The van der Waals surface area contributed by atoms with Gasteiger partial charge in [-0.3, -0.25) is 9.59 Å². The Balaban J connectivity index is 1.69. The van der Waals surface area contributed by atoms with Gasteiger partial charge in [0.05, 0.1) is 5.75 Å². The highest BCUT2D eigenvalue weighted by molar-refractivity contribution is 9.10. The van der Waals surface area contributed by atoms with Gasteiger partial charge in [-0.05, 0) is 49.4 Å². The number of amides is 2. The number of nitrogens with zero attached hydrogens (tertiary/aromatic N) is 1. The van der Waals surface area contributed by atoms with Crippen molar-refractivity contribution < 1.29 is 9.59 Å². The topological polar surface area (TPSA) is 49.4 Å². The van der Waals surface area contributed by atoms with Gasteiger partial charge in [0.15, 0.2) is 0 Å². The fourth-order valence-corrected chi connectivity index (χ4v) is 5.53. The SMILES string of the molecule is CCC(C(=O)NC1CCCCC1)N(Cc1cccc(C)c1)C(=O)CSCc1ccc(Br)cc1. The van der Waals surface area contributed by atoms with Gasteiger partial charge in [0.25, 0.3) is 0 Å². The molecule has 33 heavy (non-hydrogen) atoms. The zero-order chi connectivity index (χ0) is 23.6. The molecule has 2 amide bonds. The third kappa shape index (κ3) is 8.18. The van der Waals surface area contributed by atoms with Gasteiger partial charge in [0.1, 0.15) is 6.04 Å². The van der Waals surface area contributed by atoms with Crippen molar-refractivity contribution in [1.82, 2.24) is 10.2 Å². The van der Waals surface area contributed by atoms with E-state index in [1.807, 2.05) is 31.2 Å². The van der Waals surface area contributed by atoms with E-state index in [-0.39, 0.29) is 17.9 Å². The molecule has 1 N–H and O–H groups in total. The van der Waals surface area contributed by atoms with Gasteiger partial charge in [-0.15, -0.1) is 11.8 Å². The molecule has 2 aromatic carbocycles. The fourth-order valence-electron chi connectivity index (χ4n) is 4.39. The molecule has 0 aromatic heterocycles. The van der Waals surface area contributed by atoms with E-state index in [1.54, 1.807) is 16.7 Å². The Hall–Kier alpha value is -1.79. The zero-order valence-corrected chi connectivity index (χ0v) is 22.1. The lowest BCUT2D eigenvalue weighted by Crippen LogP contribution is -2.52. The third-order valence-corrected chi connectivity index (χ3v) is 7.70. The molecule has 0 bridgehead atoms. The Bertz CT molecular complexity index is 913. The summed E-state index contributed by atoms with van der Waals surface area (Å²) < 4.78 is 1.05. The van der Waals surface area contributed by atoms with E-state index in [1.165, 1.54) is 24.8 Å². The van der Waals surface area contributed by atoms with Crippen LogP contribution in [-0.4, -0.2) is 34.6 Å². The second-order valence-corrected chi connectivity index (χ2v) is 10.8. The van der Waals surface area contributed by atoms with E-state index < -0.39 is 6.04 Å². The van der Waals surface area contributed by atoms with Crippen molar-refractivity contribution in [3.63, 3.8) is 0 Å². The molecule has 1 unspecified atom stereocenters. The highest BCUT2D eigenvalue weighted by Gasteiger charge is 2.30. The molecular weight excluding hydrogens is 496 g/mol. The quantitative estimate of drug-likeness (QED) is 0.395. The average molecular weight is 532 g/mol. The van der Waals surface area contributed by atoms with Crippen LogP contribution < -0.4 is 5.32 Å². The lowest BCUT2D eigenvalue weighted by Gasteiger charge is -2.33. The van der Waals surface area contributed by atoms with Crippen LogP contribution in [0.3, 0.4) is 0 Å². The summed E-state index contributed by atoms with van der Waals surface area (Å²) in [4.78, 5) is 28.4. The Morgan fingerprint density at radius 2 is 1.82 bits per heavy atom. The Morgan fingerprint density at radius 3 is 2.48 bits per heavy atom. The Kier molecular flexibility index (Phi) is 10.3. The van der Waals surface area contributed by atoms with Crippen molar-refractivity contribution >= 4 is 39.5 Å². The number of thioether (sulfide) groups is 1. The van der Waals surface area contributed by atoms with Gasteiger partial charge >= 0.3 is 0 Å². The number of nitrogens with one attached hydrogen (secondary N) is 1. The predicted octanol–water partition coefficient (Wildman–Crippen LogP) is 6.25. The number of hydrogen-bond acceptors (Lipinski definition) is 3. The summed E-state index contributed by atoms with van der Waals surface area (Å²) in [5, 5.41) is 3.25. The smallest absolute Gasteiger partial charge is 0.243 e. The fraction of sp³-hybridized carbons (Fsp3) is 0.481. The first kappa shape index (κ1) is 25.8. The lowest BCUT2D eigenvalue weighted by molar-refractivity contribution is -0.139. The summed E-state index contributed by atoms with van der Waals surface area (Å²) in [6, 6.07) is 16.2. The van der Waals surface area contributed by atoms with E-state index in [4.69, 9.17) is 0 Å². The number of benzene rings is 2. The van der Waals surface area contributed by atoms with Gasteiger partial charge in [0.2, 0.25) is 11.8 Å². The van der Waals surface area contributed by atoms with Gasteiger partial charge in [-0.2, -0.15) is 0 Å². The number of carbonyl (C=O) groups excluding carboxylic acids is 2. The highest BCUT2D eigenvalue weighted by Crippen LogP contribution is 2.21. The van der Waals surface area contributed by atoms with E-state index in [9.17, 15) is 9.59 Å². The van der Waals surface area contributed by atoms with Crippen LogP contribution in [0.4, 0.5) is 0 Å². The van der Waals surface area contributed by atoms with Crippen molar-refractivity contribution in [2.24, 2.45) is 0 Å². The van der Waals surface area contributed by atoms with Gasteiger partial charge in [-0.1, -0.05) is 84.1 Å². The number of halogens is 1. The molecular formula is C27H35BrN2O2S. The maximum atomic E-state index is 13.4.